The average Bonchev–Trinajstić information content (AvgIpc) is 2.91. The highest BCUT2D eigenvalue weighted by atomic mass is 19.4. The molecule has 24 heavy (non-hydrogen) atoms. The lowest BCUT2D eigenvalue weighted by molar-refractivity contribution is -0.137. The molecule has 2 aromatic carbocycles. The summed E-state index contributed by atoms with van der Waals surface area (Å²) in [4.78, 5) is 7.50. The molecule has 126 valence electrons. The molecule has 1 heterocycles. The predicted octanol–water partition coefficient (Wildman–Crippen LogP) is 5.17. The van der Waals surface area contributed by atoms with Gasteiger partial charge in [0.15, 0.2) is 0 Å². The summed E-state index contributed by atoms with van der Waals surface area (Å²) >= 11 is 0. The number of halogens is 3. The van der Waals surface area contributed by atoms with Crippen molar-refractivity contribution >= 4 is 11.0 Å². The first-order chi connectivity index (χ1) is 11.3. The van der Waals surface area contributed by atoms with Gasteiger partial charge in [-0.05, 0) is 49.2 Å². The van der Waals surface area contributed by atoms with Crippen LogP contribution in [0, 0.1) is 6.92 Å². The SMILES string of the molecule is Cc1nc2ccc(C(C)OCc3cccc(C(F)(F)F)c3)cc2[nH]1. The second-order valence-corrected chi connectivity index (χ2v) is 5.75. The molecule has 3 rings (SSSR count). The fourth-order valence-corrected chi connectivity index (χ4v) is 2.56. The lowest BCUT2D eigenvalue weighted by Crippen LogP contribution is -2.06. The van der Waals surface area contributed by atoms with E-state index in [0.29, 0.717) is 5.56 Å². The molecule has 1 N–H and O–H groups in total. The number of hydrogen-bond donors (Lipinski definition) is 1. The van der Waals surface area contributed by atoms with Crippen molar-refractivity contribution < 1.29 is 17.9 Å². The highest BCUT2D eigenvalue weighted by Crippen LogP contribution is 2.30. The first kappa shape index (κ1) is 16.5. The molecule has 0 bridgehead atoms. The monoisotopic (exact) mass is 334 g/mol. The van der Waals surface area contributed by atoms with Crippen molar-refractivity contribution in [2.75, 3.05) is 0 Å². The van der Waals surface area contributed by atoms with Crippen molar-refractivity contribution in [3.8, 4) is 0 Å². The number of aromatic nitrogens is 2. The Morgan fingerprint density at radius 3 is 2.71 bits per heavy atom. The quantitative estimate of drug-likeness (QED) is 0.715. The van der Waals surface area contributed by atoms with E-state index in [4.69, 9.17) is 4.74 Å². The normalized spacial score (nSPS) is 13.4. The van der Waals surface area contributed by atoms with Gasteiger partial charge in [-0.1, -0.05) is 18.2 Å². The Morgan fingerprint density at radius 1 is 1.17 bits per heavy atom. The van der Waals surface area contributed by atoms with Gasteiger partial charge in [-0.3, -0.25) is 0 Å². The summed E-state index contributed by atoms with van der Waals surface area (Å²) in [5, 5.41) is 0. The van der Waals surface area contributed by atoms with Crippen molar-refractivity contribution in [1.82, 2.24) is 9.97 Å². The molecular weight excluding hydrogens is 317 g/mol. The fraction of sp³-hybridized carbons (Fsp3) is 0.278. The maximum Gasteiger partial charge on any atom is 0.416 e. The molecule has 0 radical (unpaired) electrons. The summed E-state index contributed by atoms with van der Waals surface area (Å²) in [6, 6.07) is 11.0. The van der Waals surface area contributed by atoms with Crippen LogP contribution in [0.2, 0.25) is 0 Å². The van der Waals surface area contributed by atoms with Crippen molar-refractivity contribution in [2.24, 2.45) is 0 Å². The number of ether oxygens (including phenoxy) is 1. The second-order valence-electron chi connectivity index (χ2n) is 5.75. The largest absolute Gasteiger partial charge is 0.416 e. The molecule has 1 unspecified atom stereocenters. The number of aryl methyl sites for hydroxylation is 1. The van der Waals surface area contributed by atoms with Gasteiger partial charge in [0.05, 0.1) is 29.3 Å². The zero-order chi connectivity index (χ0) is 17.3. The summed E-state index contributed by atoms with van der Waals surface area (Å²) in [7, 11) is 0. The number of rotatable bonds is 4. The molecule has 3 nitrogen and oxygen atoms in total. The van der Waals surface area contributed by atoms with E-state index in [1.54, 1.807) is 6.07 Å². The first-order valence-corrected chi connectivity index (χ1v) is 7.57. The van der Waals surface area contributed by atoms with Crippen LogP contribution in [0.5, 0.6) is 0 Å². The molecule has 0 aliphatic heterocycles. The molecule has 0 aliphatic rings. The zero-order valence-electron chi connectivity index (χ0n) is 13.3. The molecule has 3 aromatic rings. The lowest BCUT2D eigenvalue weighted by atomic mass is 10.1. The molecule has 0 aliphatic carbocycles. The minimum atomic E-state index is -4.34. The molecule has 0 amide bonds. The number of hydrogen-bond acceptors (Lipinski definition) is 2. The summed E-state index contributed by atoms with van der Waals surface area (Å²) in [6.45, 7) is 3.87. The third-order valence-corrected chi connectivity index (χ3v) is 3.85. The fourth-order valence-electron chi connectivity index (χ4n) is 2.56. The summed E-state index contributed by atoms with van der Waals surface area (Å²) < 4.78 is 43.9. The highest BCUT2D eigenvalue weighted by molar-refractivity contribution is 5.75. The van der Waals surface area contributed by atoms with E-state index >= 15 is 0 Å². The van der Waals surface area contributed by atoms with Gasteiger partial charge < -0.3 is 9.72 Å². The molecule has 0 fully saturated rings. The highest BCUT2D eigenvalue weighted by Gasteiger charge is 2.30. The van der Waals surface area contributed by atoms with E-state index in [2.05, 4.69) is 9.97 Å². The Kier molecular flexibility index (Phi) is 4.32. The van der Waals surface area contributed by atoms with Gasteiger partial charge in [0.25, 0.3) is 0 Å². The lowest BCUT2D eigenvalue weighted by Gasteiger charge is -2.14. The maximum absolute atomic E-state index is 12.7. The Hall–Kier alpha value is -2.34. The smallest absolute Gasteiger partial charge is 0.369 e. The molecular formula is C18H17F3N2O. The Morgan fingerprint density at radius 2 is 1.96 bits per heavy atom. The van der Waals surface area contributed by atoms with Crippen LogP contribution in [0.3, 0.4) is 0 Å². The van der Waals surface area contributed by atoms with Crippen LogP contribution in [0.1, 0.15) is 35.5 Å². The van der Waals surface area contributed by atoms with Crippen molar-refractivity contribution in [3.05, 3.63) is 65.0 Å². The Bertz CT molecular complexity index is 855. The minimum Gasteiger partial charge on any atom is -0.369 e. The van der Waals surface area contributed by atoms with Gasteiger partial charge in [-0.25, -0.2) is 4.98 Å². The number of fused-ring (bicyclic) bond motifs is 1. The van der Waals surface area contributed by atoms with Crippen molar-refractivity contribution in [1.29, 1.82) is 0 Å². The number of nitrogens with one attached hydrogen (secondary N) is 1. The van der Waals surface area contributed by atoms with Crippen LogP contribution in [-0.4, -0.2) is 9.97 Å². The van der Waals surface area contributed by atoms with Gasteiger partial charge >= 0.3 is 6.18 Å². The summed E-state index contributed by atoms with van der Waals surface area (Å²) in [5.41, 5.74) is 2.57. The van der Waals surface area contributed by atoms with Gasteiger partial charge in [-0.2, -0.15) is 13.2 Å². The maximum atomic E-state index is 12.7. The van der Waals surface area contributed by atoms with E-state index in [1.165, 1.54) is 6.07 Å². The predicted molar refractivity (Wildman–Crippen MR) is 85.5 cm³/mol. The van der Waals surface area contributed by atoms with Gasteiger partial charge in [-0.15, -0.1) is 0 Å². The Labute approximate surface area is 137 Å². The molecule has 1 aromatic heterocycles. The number of imidazole rings is 1. The van der Waals surface area contributed by atoms with E-state index in [-0.39, 0.29) is 12.7 Å². The van der Waals surface area contributed by atoms with Crippen molar-refractivity contribution in [2.45, 2.75) is 32.7 Å². The van der Waals surface area contributed by atoms with Crippen LogP contribution in [0.25, 0.3) is 11.0 Å². The molecule has 0 spiro atoms. The first-order valence-electron chi connectivity index (χ1n) is 7.57. The van der Waals surface area contributed by atoms with Crippen LogP contribution in [0.4, 0.5) is 13.2 Å². The van der Waals surface area contributed by atoms with E-state index < -0.39 is 11.7 Å². The van der Waals surface area contributed by atoms with Gasteiger partial charge in [0.1, 0.15) is 5.82 Å². The summed E-state index contributed by atoms with van der Waals surface area (Å²) in [6.07, 6.45) is -4.59. The number of H-pyrrole nitrogens is 1. The van der Waals surface area contributed by atoms with Gasteiger partial charge in [0, 0.05) is 0 Å². The van der Waals surface area contributed by atoms with E-state index in [0.717, 1.165) is 34.6 Å². The zero-order valence-corrected chi connectivity index (χ0v) is 13.3. The van der Waals surface area contributed by atoms with Crippen LogP contribution in [0.15, 0.2) is 42.5 Å². The number of nitrogens with zero attached hydrogens (tertiary/aromatic N) is 1. The molecule has 6 heteroatoms. The Balaban J connectivity index is 1.71. The molecule has 1 atom stereocenters. The molecule has 0 saturated carbocycles. The van der Waals surface area contributed by atoms with Crippen molar-refractivity contribution in [3.63, 3.8) is 0 Å². The third kappa shape index (κ3) is 3.59. The van der Waals surface area contributed by atoms with Gasteiger partial charge in [0.2, 0.25) is 0 Å². The minimum absolute atomic E-state index is 0.116. The number of aromatic amines is 1. The van der Waals surface area contributed by atoms with E-state index in [1.807, 2.05) is 32.0 Å². The molecule has 0 saturated heterocycles. The average molecular weight is 334 g/mol. The third-order valence-electron chi connectivity index (χ3n) is 3.85. The van der Waals surface area contributed by atoms with E-state index in [9.17, 15) is 13.2 Å². The van der Waals surface area contributed by atoms with Crippen LogP contribution in [-0.2, 0) is 17.5 Å². The number of benzene rings is 2. The topological polar surface area (TPSA) is 37.9 Å². The summed E-state index contributed by atoms with van der Waals surface area (Å²) in [5.74, 6) is 0.833. The standard InChI is InChI=1S/C18H17F3N2O/c1-11(14-6-7-16-17(9-14)23-12(2)22-16)24-10-13-4-3-5-15(8-13)18(19,20)21/h3-9,11H,10H2,1-2H3,(H,22,23). The van der Waals surface area contributed by atoms with Crippen LogP contribution >= 0.6 is 0 Å². The number of alkyl halides is 3. The van der Waals surface area contributed by atoms with Crippen LogP contribution < -0.4 is 0 Å². The second kappa shape index (κ2) is 6.28.